The molecule has 0 spiro atoms. The van der Waals surface area contributed by atoms with Crippen molar-refractivity contribution in [3.63, 3.8) is 0 Å². The Morgan fingerprint density at radius 3 is 2.43 bits per heavy atom. The Kier molecular flexibility index (Phi) is 3.15. The first-order chi connectivity index (χ1) is 10.1. The Labute approximate surface area is 124 Å². The first-order valence-corrected chi connectivity index (χ1v) is 6.63. The highest BCUT2D eigenvalue weighted by atomic mass is 32.1. The van der Waals surface area contributed by atoms with Crippen LogP contribution in [-0.4, -0.2) is 15.5 Å². The molecular weight excluding hydrogens is 286 g/mol. The summed E-state index contributed by atoms with van der Waals surface area (Å²) < 4.78 is 1.69. The van der Waals surface area contributed by atoms with Crippen molar-refractivity contribution in [2.24, 2.45) is 5.73 Å². The molecule has 0 aliphatic rings. The highest BCUT2D eigenvalue weighted by Crippen LogP contribution is 2.11. The molecule has 21 heavy (non-hydrogen) atoms. The Morgan fingerprint density at radius 1 is 1.10 bits per heavy atom. The number of benzene rings is 2. The number of carbonyl (C=O) groups is 1. The summed E-state index contributed by atoms with van der Waals surface area (Å²) in [5.41, 5.74) is 6.65. The van der Waals surface area contributed by atoms with Crippen molar-refractivity contribution in [2.45, 2.75) is 0 Å². The molecule has 0 bridgehead atoms. The fraction of sp³-hybridized carbons (Fsp3) is 0. The number of fused-ring (bicyclic) bond motifs is 1. The minimum Gasteiger partial charge on any atom is -0.366 e. The van der Waals surface area contributed by atoms with E-state index in [1.807, 2.05) is 6.07 Å². The van der Waals surface area contributed by atoms with Crippen molar-refractivity contribution in [1.82, 2.24) is 9.55 Å². The number of para-hydroxylation sites is 1. The van der Waals surface area contributed by atoms with E-state index in [9.17, 15) is 9.59 Å². The molecule has 0 aliphatic heterocycles. The number of nitrogens with one attached hydrogen (secondary N) is 1. The third-order valence-electron chi connectivity index (χ3n) is 3.22. The van der Waals surface area contributed by atoms with Crippen LogP contribution in [0, 0.1) is 4.77 Å². The first-order valence-electron chi connectivity index (χ1n) is 6.22. The van der Waals surface area contributed by atoms with Crippen molar-refractivity contribution in [2.75, 3.05) is 0 Å². The van der Waals surface area contributed by atoms with Crippen LogP contribution in [0.2, 0.25) is 0 Å². The molecule has 1 amide bonds. The predicted octanol–water partition coefficient (Wildman–Crippen LogP) is 2.15. The molecule has 0 radical (unpaired) electrons. The zero-order valence-electron chi connectivity index (χ0n) is 10.9. The van der Waals surface area contributed by atoms with E-state index >= 15 is 0 Å². The Hall–Kier alpha value is -2.73. The van der Waals surface area contributed by atoms with Crippen LogP contribution in [0.4, 0.5) is 0 Å². The van der Waals surface area contributed by atoms with Gasteiger partial charge in [-0.3, -0.25) is 14.2 Å². The summed E-state index contributed by atoms with van der Waals surface area (Å²) in [6.07, 6.45) is 0. The van der Waals surface area contributed by atoms with Crippen molar-refractivity contribution < 1.29 is 4.79 Å². The number of rotatable bonds is 2. The lowest BCUT2D eigenvalue weighted by molar-refractivity contribution is 0.100. The monoisotopic (exact) mass is 297 g/mol. The summed E-state index contributed by atoms with van der Waals surface area (Å²) in [5, 5.41) is 0.546. The molecular formula is C15H11N3O2S. The van der Waals surface area contributed by atoms with E-state index in [1.165, 1.54) is 4.57 Å². The lowest BCUT2D eigenvalue weighted by Crippen LogP contribution is -2.20. The van der Waals surface area contributed by atoms with Crippen LogP contribution in [0.5, 0.6) is 0 Å². The predicted molar refractivity (Wildman–Crippen MR) is 83.2 cm³/mol. The van der Waals surface area contributed by atoms with E-state index in [0.29, 0.717) is 26.9 Å². The second-order valence-corrected chi connectivity index (χ2v) is 4.91. The maximum Gasteiger partial charge on any atom is 0.266 e. The Morgan fingerprint density at radius 2 is 1.76 bits per heavy atom. The van der Waals surface area contributed by atoms with Gasteiger partial charge in [-0.1, -0.05) is 12.1 Å². The standard InChI is InChI=1S/C15H11N3O2S/c16-13(19)9-5-7-10(8-6-9)18-14(20)11-3-1-2-4-12(11)17-15(18)21/h1-8H,(H2,16,19)(H,17,21). The van der Waals surface area contributed by atoms with Gasteiger partial charge in [0, 0.05) is 5.56 Å². The summed E-state index contributed by atoms with van der Waals surface area (Å²) in [6, 6.07) is 13.6. The SMILES string of the molecule is NC(=O)c1ccc(-n2c(=S)[nH]c3ccccc3c2=O)cc1. The number of aromatic nitrogens is 2. The Balaban J connectivity index is 2.27. The van der Waals surface area contributed by atoms with Crippen LogP contribution in [0.3, 0.4) is 0 Å². The summed E-state index contributed by atoms with van der Waals surface area (Å²) >= 11 is 5.25. The van der Waals surface area contributed by atoms with E-state index in [4.69, 9.17) is 18.0 Å². The maximum atomic E-state index is 12.6. The van der Waals surface area contributed by atoms with Gasteiger partial charge in [0.05, 0.1) is 16.6 Å². The molecule has 1 aromatic heterocycles. The number of carbonyl (C=O) groups excluding carboxylic acids is 1. The third kappa shape index (κ3) is 2.25. The number of aromatic amines is 1. The lowest BCUT2D eigenvalue weighted by Gasteiger charge is -2.08. The van der Waals surface area contributed by atoms with E-state index < -0.39 is 5.91 Å². The number of primary amides is 1. The average Bonchev–Trinajstić information content (AvgIpc) is 2.48. The van der Waals surface area contributed by atoms with Crippen LogP contribution in [0.1, 0.15) is 10.4 Å². The molecule has 5 nitrogen and oxygen atoms in total. The van der Waals surface area contributed by atoms with Crippen molar-refractivity contribution in [3.05, 3.63) is 69.2 Å². The largest absolute Gasteiger partial charge is 0.366 e. The fourth-order valence-electron chi connectivity index (χ4n) is 2.17. The second-order valence-electron chi connectivity index (χ2n) is 4.53. The highest BCUT2D eigenvalue weighted by molar-refractivity contribution is 7.71. The summed E-state index contributed by atoms with van der Waals surface area (Å²) in [7, 11) is 0. The molecule has 0 saturated heterocycles. The number of nitrogens with two attached hydrogens (primary N) is 1. The molecule has 3 rings (SSSR count). The van der Waals surface area contributed by atoms with Crippen molar-refractivity contribution in [1.29, 1.82) is 0 Å². The van der Waals surface area contributed by atoms with Crippen LogP contribution in [0.25, 0.3) is 16.6 Å². The number of amides is 1. The van der Waals surface area contributed by atoms with Gasteiger partial charge >= 0.3 is 0 Å². The van der Waals surface area contributed by atoms with Crippen molar-refractivity contribution in [3.8, 4) is 5.69 Å². The quantitative estimate of drug-likeness (QED) is 0.711. The number of nitrogens with zero attached hydrogens (tertiary/aromatic N) is 1. The molecule has 0 aliphatic carbocycles. The van der Waals surface area contributed by atoms with Gasteiger partial charge in [-0.05, 0) is 48.6 Å². The minimum absolute atomic E-state index is 0.207. The summed E-state index contributed by atoms with van der Waals surface area (Å²) in [5.74, 6) is -0.516. The van der Waals surface area contributed by atoms with Gasteiger partial charge in [-0.25, -0.2) is 0 Å². The third-order valence-corrected chi connectivity index (χ3v) is 3.50. The minimum atomic E-state index is -0.516. The van der Waals surface area contributed by atoms with Crippen LogP contribution in [-0.2, 0) is 0 Å². The van der Waals surface area contributed by atoms with Gasteiger partial charge in [0.25, 0.3) is 5.56 Å². The molecule has 2 aromatic carbocycles. The molecule has 3 aromatic rings. The number of hydrogen-bond donors (Lipinski definition) is 2. The Bertz CT molecular complexity index is 955. The van der Waals surface area contributed by atoms with Crippen LogP contribution in [0.15, 0.2) is 53.3 Å². The zero-order chi connectivity index (χ0) is 15.0. The van der Waals surface area contributed by atoms with Gasteiger partial charge in [0.2, 0.25) is 5.91 Å². The van der Waals surface area contributed by atoms with Crippen LogP contribution >= 0.6 is 12.2 Å². The van der Waals surface area contributed by atoms with Gasteiger partial charge in [-0.15, -0.1) is 0 Å². The number of H-pyrrole nitrogens is 1. The molecule has 0 atom stereocenters. The van der Waals surface area contributed by atoms with Crippen molar-refractivity contribution >= 4 is 29.0 Å². The number of hydrogen-bond acceptors (Lipinski definition) is 3. The van der Waals surface area contributed by atoms with Gasteiger partial charge in [0.15, 0.2) is 4.77 Å². The summed E-state index contributed by atoms with van der Waals surface area (Å²) in [4.78, 5) is 26.7. The van der Waals surface area contributed by atoms with Crippen LogP contribution < -0.4 is 11.3 Å². The molecule has 1 heterocycles. The average molecular weight is 297 g/mol. The fourth-order valence-corrected chi connectivity index (χ4v) is 2.47. The topological polar surface area (TPSA) is 80.9 Å². The summed E-state index contributed by atoms with van der Waals surface area (Å²) in [6.45, 7) is 0. The zero-order valence-corrected chi connectivity index (χ0v) is 11.7. The normalized spacial score (nSPS) is 10.7. The van der Waals surface area contributed by atoms with E-state index in [-0.39, 0.29) is 5.56 Å². The van der Waals surface area contributed by atoms with Gasteiger partial charge < -0.3 is 10.7 Å². The van der Waals surface area contributed by atoms with E-state index in [1.54, 1.807) is 42.5 Å². The van der Waals surface area contributed by atoms with Gasteiger partial charge in [-0.2, -0.15) is 0 Å². The van der Waals surface area contributed by atoms with Gasteiger partial charge in [0.1, 0.15) is 0 Å². The smallest absolute Gasteiger partial charge is 0.266 e. The van der Waals surface area contributed by atoms with E-state index in [0.717, 1.165) is 0 Å². The van der Waals surface area contributed by atoms with E-state index in [2.05, 4.69) is 4.98 Å². The maximum absolute atomic E-state index is 12.6. The lowest BCUT2D eigenvalue weighted by atomic mass is 10.2. The highest BCUT2D eigenvalue weighted by Gasteiger charge is 2.08. The molecule has 6 heteroatoms. The molecule has 0 saturated carbocycles. The molecule has 104 valence electrons. The first kappa shape index (κ1) is 13.3. The molecule has 0 fully saturated rings. The second kappa shape index (κ2) is 4.99. The molecule has 0 unspecified atom stereocenters. The molecule has 3 N–H and O–H groups in total.